The first-order chi connectivity index (χ1) is 10.1. The molecule has 0 atom stereocenters. The molecule has 3 rings (SSSR count). The number of rotatable bonds is 3. The van der Waals surface area contributed by atoms with Gasteiger partial charge >= 0.3 is 0 Å². The zero-order valence-corrected chi connectivity index (χ0v) is 13.2. The summed E-state index contributed by atoms with van der Waals surface area (Å²) < 4.78 is 0. The highest BCUT2D eigenvalue weighted by atomic mass is 35.5. The lowest BCUT2D eigenvalue weighted by molar-refractivity contribution is 1.29. The van der Waals surface area contributed by atoms with Gasteiger partial charge in [0.05, 0.1) is 5.52 Å². The average Bonchev–Trinajstić information content (AvgIpc) is 2.47. The molecule has 0 aliphatic rings. The third-order valence-electron chi connectivity index (χ3n) is 3.27. The van der Waals surface area contributed by atoms with Crippen molar-refractivity contribution in [1.29, 1.82) is 0 Å². The molecule has 0 radical (unpaired) electrons. The number of aromatic nitrogens is 1. The molecule has 0 saturated heterocycles. The Morgan fingerprint density at radius 2 is 1.86 bits per heavy atom. The summed E-state index contributed by atoms with van der Waals surface area (Å²) >= 11 is 8.03. The number of fused-ring (bicyclic) bond motifs is 1. The molecule has 0 aliphatic carbocycles. The maximum Gasteiger partial charge on any atom is 0.133 e. The van der Waals surface area contributed by atoms with Crippen molar-refractivity contribution in [2.24, 2.45) is 0 Å². The van der Waals surface area contributed by atoms with Crippen LogP contribution in [0.5, 0.6) is 0 Å². The van der Waals surface area contributed by atoms with E-state index >= 15 is 0 Å². The molecule has 106 valence electrons. The molecule has 0 saturated carbocycles. The number of aryl methyl sites for hydroxylation is 1. The van der Waals surface area contributed by atoms with Gasteiger partial charge < -0.3 is 5.73 Å². The molecule has 1 heterocycles. The minimum atomic E-state index is 0.580. The van der Waals surface area contributed by atoms with Crippen molar-refractivity contribution in [2.75, 3.05) is 5.73 Å². The van der Waals surface area contributed by atoms with Crippen LogP contribution < -0.4 is 5.73 Å². The van der Waals surface area contributed by atoms with E-state index in [0.29, 0.717) is 5.15 Å². The number of thioether (sulfide) groups is 1. The Balaban J connectivity index is 1.85. The first-order valence-electron chi connectivity index (χ1n) is 6.66. The number of halogens is 1. The molecule has 0 unspecified atom stereocenters. The molecule has 2 N–H and O–H groups in total. The van der Waals surface area contributed by atoms with Crippen LogP contribution in [-0.4, -0.2) is 4.98 Å². The van der Waals surface area contributed by atoms with Crippen molar-refractivity contribution in [3.8, 4) is 0 Å². The van der Waals surface area contributed by atoms with Gasteiger partial charge in [0.25, 0.3) is 0 Å². The van der Waals surface area contributed by atoms with E-state index in [9.17, 15) is 0 Å². The van der Waals surface area contributed by atoms with Crippen LogP contribution in [0.15, 0.2) is 53.4 Å². The van der Waals surface area contributed by atoms with Crippen LogP contribution in [-0.2, 0) is 5.75 Å². The Morgan fingerprint density at radius 3 is 2.62 bits per heavy atom. The van der Waals surface area contributed by atoms with Gasteiger partial charge in [0.1, 0.15) is 5.15 Å². The molecule has 0 aliphatic heterocycles. The van der Waals surface area contributed by atoms with E-state index in [1.165, 1.54) is 10.5 Å². The number of nitrogens with zero attached hydrogens (tertiary/aromatic N) is 1. The highest BCUT2D eigenvalue weighted by molar-refractivity contribution is 7.98. The second-order valence-corrected chi connectivity index (χ2v) is 6.40. The number of pyridine rings is 1. The van der Waals surface area contributed by atoms with Crippen molar-refractivity contribution in [3.63, 3.8) is 0 Å². The third kappa shape index (κ3) is 3.31. The maximum atomic E-state index is 6.30. The van der Waals surface area contributed by atoms with Crippen LogP contribution in [0.2, 0.25) is 5.15 Å². The highest BCUT2D eigenvalue weighted by Crippen LogP contribution is 2.28. The van der Waals surface area contributed by atoms with Crippen LogP contribution >= 0.6 is 23.4 Å². The first kappa shape index (κ1) is 14.2. The molecule has 2 aromatic carbocycles. The summed E-state index contributed by atoms with van der Waals surface area (Å²) in [5.74, 6) is 0.791. The summed E-state index contributed by atoms with van der Waals surface area (Å²) in [4.78, 5) is 5.67. The van der Waals surface area contributed by atoms with Gasteiger partial charge in [0.15, 0.2) is 0 Å². The molecule has 0 bridgehead atoms. The minimum Gasteiger partial charge on any atom is -0.399 e. The predicted octanol–water partition coefficient (Wildman–Crippen LogP) is 5.07. The van der Waals surface area contributed by atoms with E-state index < -0.39 is 0 Å². The normalized spacial score (nSPS) is 11.0. The topological polar surface area (TPSA) is 38.9 Å². The summed E-state index contributed by atoms with van der Waals surface area (Å²) in [6.07, 6.45) is 0. The molecular formula is C17H15ClN2S. The van der Waals surface area contributed by atoms with Gasteiger partial charge in [-0.25, -0.2) is 4.98 Å². The van der Waals surface area contributed by atoms with E-state index in [1.54, 1.807) is 11.8 Å². The zero-order chi connectivity index (χ0) is 14.8. The van der Waals surface area contributed by atoms with Crippen molar-refractivity contribution in [1.82, 2.24) is 4.98 Å². The first-order valence-corrected chi connectivity index (χ1v) is 8.02. The highest BCUT2D eigenvalue weighted by Gasteiger charge is 2.06. The van der Waals surface area contributed by atoms with Crippen LogP contribution in [0, 0.1) is 6.92 Å². The number of anilines is 1. The van der Waals surface area contributed by atoms with Crippen molar-refractivity contribution < 1.29 is 0 Å². The second kappa shape index (κ2) is 5.96. The smallest absolute Gasteiger partial charge is 0.133 e. The number of hydrogen-bond donors (Lipinski definition) is 1. The Morgan fingerprint density at radius 1 is 1.10 bits per heavy atom. The molecule has 21 heavy (non-hydrogen) atoms. The number of benzene rings is 2. The van der Waals surface area contributed by atoms with Gasteiger partial charge in [-0.15, -0.1) is 11.8 Å². The minimum absolute atomic E-state index is 0.580. The Kier molecular flexibility index (Phi) is 4.04. The van der Waals surface area contributed by atoms with Crippen molar-refractivity contribution >= 4 is 40.0 Å². The lowest BCUT2D eigenvalue weighted by Gasteiger charge is -2.07. The van der Waals surface area contributed by atoms with E-state index in [-0.39, 0.29) is 0 Å². The van der Waals surface area contributed by atoms with Crippen molar-refractivity contribution in [2.45, 2.75) is 17.6 Å². The van der Waals surface area contributed by atoms with Gasteiger partial charge in [0.2, 0.25) is 0 Å². The Hall–Kier alpha value is -1.71. The maximum absolute atomic E-state index is 6.30. The molecular weight excluding hydrogens is 300 g/mol. The molecule has 0 amide bonds. The fourth-order valence-corrected chi connectivity index (χ4v) is 3.29. The monoisotopic (exact) mass is 314 g/mol. The Labute approximate surface area is 133 Å². The summed E-state index contributed by atoms with van der Waals surface area (Å²) in [6, 6.07) is 16.2. The molecule has 0 spiro atoms. The molecule has 4 heteroatoms. The third-order valence-corrected chi connectivity index (χ3v) is 4.66. The largest absolute Gasteiger partial charge is 0.399 e. The lowest BCUT2D eigenvalue weighted by atomic mass is 10.1. The molecule has 1 aromatic heterocycles. The van der Waals surface area contributed by atoms with Gasteiger partial charge in [-0.1, -0.05) is 23.7 Å². The quantitative estimate of drug-likeness (QED) is 0.416. The standard InChI is InChI=1S/C17H15ClN2S/c1-11-2-3-12-9-13(17(18)20-16(12)8-11)10-21-15-6-4-14(19)5-7-15/h2-9H,10,19H2,1H3. The van der Waals surface area contributed by atoms with Crippen LogP contribution in [0.25, 0.3) is 10.9 Å². The fraction of sp³-hybridized carbons (Fsp3) is 0.118. The van der Waals surface area contributed by atoms with Gasteiger partial charge in [-0.2, -0.15) is 0 Å². The van der Waals surface area contributed by atoms with Crippen LogP contribution in [0.4, 0.5) is 5.69 Å². The van der Waals surface area contributed by atoms with Crippen molar-refractivity contribution in [3.05, 3.63) is 64.8 Å². The molecule has 2 nitrogen and oxygen atoms in total. The van der Waals surface area contributed by atoms with E-state index in [0.717, 1.165) is 27.9 Å². The molecule has 0 fully saturated rings. The van der Waals surface area contributed by atoms with E-state index in [2.05, 4.69) is 36.2 Å². The number of nitrogen functional groups attached to an aromatic ring is 1. The zero-order valence-electron chi connectivity index (χ0n) is 11.6. The van der Waals surface area contributed by atoms with Gasteiger partial charge in [-0.3, -0.25) is 0 Å². The number of nitrogens with two attached hydrogens (primary N) is 1. The van der Waals surface area contributed by atoms with Crippen LogP contribution in [0.1, 0.15) is 11.1 Å². The fourth-order valence-electron chi connectivity index (χ4n) is 2.12. The summed E-state index contributed by atoms with van der Waals surface area (Å²) in [5.41, 5.74) is 9.66. The van der Waals surface area contributed by atoms with E-state index in [4.69, 9.17) is 17.3 Å². The van der Waals surface area contributed by atoms with Gasteiger partial charge in [0, 0.05) is 27.3 Å². The lowest BCUT2D eigenvalue weighted by Crippen LogP contribution is -1.89. The summed E-state index contributed by atoms with van der Waals surface area (Å²) in [5, 5.41) is 1.70. The van der Waals surface area contributed by atoms with E-state index in [1.807, 2.05) is 24.3 Å². The summed E-state index contributed by atoms with van der Waals surface area (Å²) in [6.45, 7) is 2.06. The molecule has 3 aromatic rings. The van der Waals surface area contributed by atoms with Crippen LogP contribution in [0.3, 0.4) is 0 Å². The number of hydrogen-bond acceptors (Lipinski definition) is 3. The Bertz CT molecular complexity index is 785. The second-order valence-electron chi connectivity index (χ2n) is 4.99. The SMILES string of the molecule is Cc1ccc2cc(CSc3ccc(N)cc3)c(Cl)nc2c1. The average molecular weight is 315 g/mol. The predicted molar refractivity (Wildman–Crippen MR) is 91.9 cm³/mol. The summed E-state index contributed by atoms with van der Waals surface area (Å²) in [7, 11) is 0. The van der Waals surface area contributed by atoms with Gasteiger partial charge in [-0.05, 0) is 48.9 Å².